The van der Waals surface area contributed by atoms with E-state index < -0.39 is 5.54 Å². The van der Waals surface area contributed by atoms with E-state index in [9.17, 15) is 4.79 Å². The van der Waals surface area contributed by atoms with Gasteiger partial charge in [0, 0.05) is 9.92 Å². The third-order valence-corrected chi connectivity index (χ3v) is 4.80. The summed E-state index contributed by atoms with van der Waals surface area (Å²) in [5.41, 5.74) is 5.06. The molecule has 0 saturated carbocycles. The van der Waals surface area contributed by atoms with E-state index in [1.54, 1.807) is 37.7 Å². The Kier molecular flexibility index (Phi) is 7.88. The summed E-state index contributed by atoms with van der Waals surface area (Å²) in [6.45, 7) is 3.85. The average molecular weight is 350 g/mol. The highest BCUT2D eigenvalue weighted by Crippen LogP contribution is 2.30. The summed E-state index contributed by atoms with van der Waals surface area (Å²) < 4.78 is 4.96. The van der Waals surface area contributed by atoms with Gasteiger partial charge >= 0.3 is 5.97 Å². The van der Waals surface area contributed by atoms with Gasteiger partial charge in [0.25, 0.3) is 0 Å². The smallest absolute Gasteiger partial charge is 0.325 e. The molecule has 0 radical (unpaired) electrons. The highest BCUT2D eigenvalue weighted by atomic mass is 35.5. The number of thioether (sulfide) groups is 1. The molecular formula is C15H21Cl2NO2S. The molecule has 0 spiro atoms. The molecule has 0 aromatic heterocycles. The predicted molar refractivity (Wildman–Crippen MR) is 90.3 cm³/mol. The summed E-state index contributed by atoms with van der Waals surface area (Å²) in [6.07, 6.45) is 2.41. The van der Waals surface area contributed by atoms with Crippen LogP contribution in [-0.4, -0.2) is 23.9 Å². The Bertz CT molecular complexity index is 481. The number of carbonyl (C=O) groups excluding carboxylic acids is 1. The minimum absolute atomic E-state index is 0.337. The van der Waals surface area contributed by atoms with Crippen molar-refractivity contribution in [1.82, 2.24) is 0 Å². The van der Waals surface area contributed by atoms with Crippen molar-refractivity contribution in [2.75, 3.05) is 12.4 Å². The summed E-state index contributed by atoms with van der Waals surface area (Å²) in [5, 5.41) is 1.39. The van der Waals surface area contributed by atoms with Crippen molar-refractivity contribution in [3.8, 4) is 0 Å². The van der Waals surface area contributed by atoms with E-state index in [2.05, 4.69) is 0 Å². The van der Waals surface area contributed by atoms with Crippen LogP contribution in [0.2, 0.25) is 10.0 Å². The second-order valence-corrected chi connectivity index (χ2v) is 7.00. The van der Waals surface area contributed by atoms with Crippen molar-refractivity contribution in [3.63, 3.8) is 0 Å². The van der Waals surface area contributed by atoms with Gasteiger partial charge in [0.15, 0.2) is 0 Å². The van der Waals surface area contributed by atoms with Crippen LogP contribution in [-0.2, 0) is 9.53 Å². The first kappa shape index (κ1) is 18.6. The van der Waals surface area contributed by atoms with Crippen LogP contribution in [0.3, 0.4) is 0 Å². The van der Waals surface area contributed by atoms with Crippen LogP contribution in [0.4, 0.5) is 0 Å². The first-order chi connectivity index (χ1) is 9.86. The zero-order valence-electron chi connectivity index (χ0n) is 12.3. The third-order valence-electron chi connectivity index (χ3n) is 2.98. The Morgan fingerprint density at radius 3 is 2.76 bits per heavy atom. The van der Waals surface area contributed by atoms with Gasteiger partial charge in [-0.15, -0.1) is 11.8 Å². The number of halogens is 2. The molecule has 0 bridgehead atoms. The lowest BCUT2D eigenvalue weighted by atomic mass is 9.96. The van der Waals surface area contributed by atoms with Crippen molar-refractivity contribution >= 4 is 40.9 Å². The van der Waals surface area contributed by atoms with Crippen molar-refractivity contribution in [3.05, 3.63) is 28.2 Å². The molecule has 6 heteroatoms. The van der Waals surface area contributed by atoms with E-state index >= 15 is 0 Å². The molecule has 0 aliphatic carbocycles. The van der Waals surface area contributed by atoms with Crippen LogP contribution in [0, 0.1) is 0 Å². The highest BCUT2D eigenvalue weighted by molar-refractivity contribution is 7.99. The van der Waals surface area contributed by atoms with E-state index in [-0.39, 0.29) is 5.97 Å². The molecule has 118 valence electrons. The summed E-state index contributed by atoms with van der Waals surface area (Å²) in [5.74, 6) is 0.564. The molecule has 1 atom stereocenters. The normalized spacial score (nSPS) is 13.8. The Morgan fingerprint density at radius 1 is 1.38 bits per heavy atom. The summed E-state index contributed by atoms with van der Waals surface area (Å²) in [7, 11) is 0. The molecule has 1 aromatic rings. The number of hydrogen-bond acceptors (Lipinski definition) is 4. The number of unbranched alkanes of at least 4 members (excludes halogenated alkanes) is 1. The maximum absolute atomic E-state index is 11.6. The molecule has 0 aliphatic heterocycles. The van der Waals surface area contributed by atoms with E-state index in [4.69, 9.17) is 33.7 Å². The van der Waals surface area contributed by atoms with Gasteiger partial charge < -0.3 is 10.5 Å². The Balaban J connectivity index is 2.31. The number of hydrogen-bond donors (Lipinski definition) is 1. The molecular weight excluding hydrogens is 329 g/mol. The number of nitrogens with two attached hydrogens (primary N) is 1. The van der Waals surface area contributed by atoms with Gasteiger partial charge in [-0.2, -0.15) is 0 Å². The molecule has 0 aliphatic rings. The molecule has 1 rings (SSSR count). The van der Waals surface area contributed by atoms with E-state index in [1.807, 2.05) is 6.07 Å². The van der Waals surface area contributed by atoms with Crippen LogP contribution < -0.4 is 5.73 Å². The second kappa shape index (κ2) is 8.89. The molecule has 1 unspecified atom stereocenters. The molecule has 21 heavy (non-hydrogen) atoms. The number of benzene rings is 1. The average Bonchev–Trinajstić information content (AvgIpc) is 2.42. The minimum Gasteiger partial charge on any atom is -0.465 e. The van der Waals surface area contributed by atoms with Gasteiger partial charge in [0.1, 0.15) is 5.54 Å². The number of rotatable bonds is 8. The van der Waals surface area contributed by atoms with E-state index in [0.29, 0.717) is 23.1 Å². The Hall–Kier alpha value is -0.420. The molecule has 0 amide bonds. The maximum Gasteiger partial charge on any atom is 0.325 e. The number of esters is 1. The van der Waals surface area contributed by atoms with Gasteiger partial charge in [-0.25, -0.2) is 0 Å². The van der Waals surface area contributed by atoms with Crippen molar-refractivity contribution in [2.45, 2.75) is 43.5 Å². The fourth-order valence-corrected chi connectivity index (χ4v) is 3.26. The van der Waals surface area contributed by atoms with Crippen LogP contribution in [0.25, 0.3) is 0 Å². The first-order valence-electron chi connectivity index (χ1n) is 6.91. The van der Waals surface area contributed by atoms with E-state index in [0.717, 1.165) is 23.5 Å². The monoisotopic (exact) mass is 349 g/mol. The standard InChI is InChI=1S/C15H21Cl2NO2S/c1-3-20-14(19)15(2,18)8-4-5-9-21-13-10-11(16)6-7-12(13)17/h6-7,10H,3-5,8-9,18H2,1-2H3. The van der Waals surface area contributed by atoms with Crippen LogP contribution in [0.5, 0.6) is 0 Å². The van der Waals surface area contributed by atoms with Crippen molar-refractivity contribution < 1.29 is 9.53 Å². The Labute approximate surface area is 140 Å². The third kappa shape index (κ3) is 6.47. The molecule has 0 fully saturated rings. The highest BCUT2D eigenvalue weighted by Gasteiger charge is 2.28. The SMILES string of the molecule is CCOC(=O)C(C)(N)CCCCSc1cc(Cl)ccc1Cl. The molecule has 3 nitrogen and oxygen atoms in total. The van der Waals surface area contributed by atoms with Gasteiger partial charge in [-0.3, -0.25) is 4.79 Å². The molecule has 0 heterocycles. The van der Waals surface area contributed by atoms with Crippen molar-refractivity contribution in [2.24, 2.45) is 5.73 Å². The van der Waals surface area contributed by atoms with E-state index in [1.165, 1.54) is 0 Å². The molecule has 1 aromatic carbocycles. The molecule has 0 saturated heterocycles. The van der Waals surface area contributed by atoms with Crippen LogP contribution in [0.1, 0.15) is 33.1 Å². The predicted octanol–water partition coefficient (Wildman–Crippen LogP) is 4.54. The maximum atomic E-state index is 11.6. The lowest BCUT2D eigenvalue weighted by molar-refractivity contribution is -0.149. The van der Waals surface area contributed by atoms with Gasteiger partial charge in [-0.05, 0) is 50.6 Å². The summed E-state index contributed by atoms with van der Waals surface area (Å²) in [6, 6.07) is 5.43. The summed E-state index contributed by atoms with van der Waals surface area (Å²) >= 11 is 13.7. The fraction of sp³-hybridized carbons (Fsp3) is 0.533. The van der Waals surface area contributed by atoms with Crippen LogP contribution >= 0.6 is 35.0 Å². The van der Waals surface area contributed by atoms with Gasteiger partial charge in [0.05, 0.1) is 11.6 Å². The number of ether oxygens (including phenoxy) is 1. The zero-order chi connectivity index (χ0) is 15.9. The lowest BCUT2D eigenvalue weighted by Crippen LogP contribution is -2.46. The van der Waals surface area contributed by atoms with Crippen molar-refractivity contribution in [1.29, 1.82) is 0 Å². The van der Waals surface area contributed by atoms with Crippen LogP contribution in [0.15, 0.2) is 23.1 Å². The summed E-state index contributed by atoms with van der Waals surface area (Å²) in [4.78, 5) is 12.6. The zero-order valence-corrected chi connectivity index (χ0v) is 14.7. The molecule has 2 N–H and O–H groups in total. The van der Waals surface area contributed by atoms with Gasteiger partial charge in [-0.1, -0.05) is 29.6 Å². The quantitative estimate of drug-likeness (QED) is 0.425. The lowest BCUT2D eigenvalue weighted by Gasteiger charge is -2.21. The number of carbonyl (C=O) groups is 1. The minimum atomic E-state index is -0.908. The fourth-order valence-electron chi connectivity index (χ4n) is 1.76. The first-order valence-corrected chi connectivity index (χ1v) is 8.65. The van der Waals surface area contributed by atoms with Gasteiger partial charge in [0.2, 0.25) is 0 Å². The Morgan fingerprint density at radius 2 is 2.10 bits per heavy atom. The largest absolute Gasteiger partial charge is 0.465 e. The topological polar surface area (TPSA) is 52.3 Å². The second-order valence-electron chi connectivity index (χ2n) is 5.02.